The number of aryl methyl sites for hydroxylation is 2. The van der Waals surface area contributed by atoms with Crippen LogP contribution in [0.4, 0.5) is 5.82 Å². The number of aromatic nitrogens is 2. The third-order valence-electron chi connectivity index (χ3n) is 3.20. The molecule has 1 aromatic rings. The zero-order valence-electron chi connectivity index (χ0n) is 10.3. The molecule has 0 saturated carbocycles. The van der Waals surface area contributed by atoms with Crippen molar-refractivity contribution in [3.8, 4) is 0 Å². The lowest BCUT2D eigenvalue weighted by molar-refractivity contribution is 0.399. The Kier molecular flexibility index (Phi) is 3.10. The fourth-order valence-corrected chi connectivity index (χ4v) is 2.27. The van der Waals surface area contributed by atoms with Gasteiger partial charge in [-0.2, -0.15) is 0 Å². The molecule has 2 N–H and O–H groups in total. The SMILES string of the molecule is Cc1ncc(N2CC(C)CC(N)C2)nc1C. The van der Waals surface area contributed by atoms with Crippen molar-refractivity contribution in [1.82, 2.24) is 9.97 Å². The monoisotopic (exact) mass is 220 g/mol. The number of nitrogens with two attached hydrogens (primary N) is 1. The molecule has 2 atom stereocenters. The van der Waals surface area contributed by atoms with Gasteiger partial charge in [0, 0.05) is 19.1 Å². The van der Waals surface area contributed by atoms with Gasteiger partial charge in [-0.1, -0.05) is 6.92 Å². The molecule has 4 heteroatoms. The van der Waals surface area contributed by atoms with Gasteiger partial charge in [-0.15, -0.1) is 0 Å². The average molecular weight is 220 g/mol. The first-order chi connectivity index (χ1) is 7.56. The van der Waals surface area contributed by atoms with E-state index in [2.05, 4.69) is 21.8 Å². The van der Waals surface area contributed by atoms with Crippen molar-refractivity contribution in [2.75, 3.05) is 18.0 Å². The highest BCUT2D eigenvalue weighted by molar-refractivity contribution is 5.38. The lowest BCUT2D eigenvalue weighted by Crippen LogP contribution is -2.46. The predicted molar refractivity (Wildman–Crippen MR) is 65.5 cm³/mol. The molecule has 0 amide bonds. The molecular formula is C12H20N4. The van der Waals surface area contributed by atoms with Gasteiger partial charge in [-0.25, -0.2) is 4.98 Å². The van der Waals surface area contributed by atoms with Crippen LogP contribution >= 0.6 is 0 Å². The summed E-state index contributed by atoms with van der Waals surface area (Å²) in [7, 11) is 0. The Morgan fingerprint density at radius 1 is 1.31 bits per heavy atom. The van der Waals surface area contributed by atoms with Crippen LogP contribution < -0.4 is 10.6 Å². The molecule has 2 unspecified atom stereocenters. The number of piperidine rings is 1. The van der Waals surface area contributed by atoms with Gasteiger partial charge < -0.3 is 10.6 Å². The molecule has 0 spiro atoms. The second-order valence-corrected chi connectivity index (χ2v) is 4.90. The van der Waals surface area contributed by atoms with E-state index in [1.165, 1.54) is 0 Å². The Bertz CT molecular complexity index is 367. The molecule has 1 aromatic heterocycles. The van der Waals surface area contributed by atoms with Gasteiger partial charge in [-0.05, 0) is 26.2 Å². The van der Waals surface area contributed by atoms with E-state index in [4.69, 9.17) is 5.73 Å². The number of rotatable bonds is 1. The Morgan fingerprint density at radius 2 is 2.06 bits per heavy atom. The molecule has 0 aliphatic carbocycles. The van der Waals surface area contributed by atoms with Crippen LogP contribution in [0.15, 0.2) is 6.20 Å². The van der Waals surface area contributed by atoms with Gasteiger partial charge in [0.1, 0.15) is 5.82 Å². The summed E-state index contributed by atoms with van der Waals surface area (Å²) in [5, 5.41) is 0. The summed E-state index contributed by atoms with van der Waals surface area (Å²) >= 11 is 0. The maximum atomic E-state index is 6.03. The second-order valence-electron chi connectivity index (χ2n) is 4.90. The quantitative estimate of drug-likeness (QED) is 0.774. The molecule has 16 heavy (non-hydrogen) atoms. The summed E-state index contributed by atoms with van der Waals surface area (Å²) in [5.74, 6) is 1.59. The van der Waals surface area contributed by atoms with E-state index in [0.717, 1.165) is 36.7 Å². The molecule has 0 bridgehead atoms. The van der Waals surface area contributed by atoms with Crippen LogP contribution in [-0.4, -0.2) is 29.1 Å². The van der Waals surface area contributed by atoms with Crippen molar-refractivity contribution in [1.29, 1.82) is 0 Å². The summed E-state index contributed by atoms with van der Waals surface area (Å²) in [6, 6.07) is 0.257. The summed E-state index contributed by atoms with van der Waals surface area (Å²) in [5.41, 5.74) is 8.03. The van der Waals surface area contributed by atoms with Crippen molar-refractivity contribution in [3.05, 3.63) is 17.6 Å². The topological polar surface area (TPSA) is 55.0 Å². The number of hydrogen-bond donors (Lipinski definition) is 1. The molecule has 1 fully saturated rings. The van der Waals surface area contributed by atoms with Crippen LogP contribution in [0, 0.1) is 19.8 Å². The third kappa shape index (κ3) is 2.32. The molecule has 88 valence electrons. The summed E-state index contributed by atoms with van der Waals surface area (Å²) in [6.45, 7) is 8.14. The van der Waals surface area contributed by atoms with Gasteiger partial charge in [0.05, 0.1) is 17.6 Å². The van der Waals surface area contributed by atoms with E-state index >= 15 is 0 Å². The minimum atomic E-state index is 0.257. The lowest BCUT2D eigenvalue weighted by atomic mass is 9.97. The van der Waals surface area contributed by atoms with Gasteiger partial charge in [0.25, 0.3) is 0 Å². The number of nitrogens with zero attached hydrogens (tertiary/aromatic N) is 3. The van der Waals surface area contributed by atoms with Crippen molar-refractivity contribution < 1.29 is 0 Å². The van der Waals surface area contributed by atoms with Gasteiger partial charge in [0.2, 0.25) is 0 Å². The molecule has 1 aliphatic rings. The number of anilines is 1. The molecular weight excluding hydrogens is 200 g/mol. The molecule has 1 aliphatic heterocycles. The fourth-order valence-electron chi connectivity index (χ4n) is 2.27. The van der Waals surface area contributed by atoms with Crippen LogP contribution in [-0.2, 0) is 0 Å². The average Bonchev–Trinajstić information content (AvgIpc) is 2.20. The molecule has 0 aromatic carbocycles. The van der Waals surface area contributed by atoms with Crippen molar-refractivity contribution in [3.63, 3.8) is 0 Å². The van der Waals surface area contributed by atoms with Crippen LogP contribution in [0.5, 0.6) is 0 Å². The first kappa shape index (κ1) is 11.3. The van der Waals surface area contributed by atoms with Crippen molar-refractivity contribution >= 4 is 5.82 Å². The van der Waals surface area contributed by atoms with Crippen LogP contribution in [0.1, 0.15) is 24.7 Å². The molecule has 4 nitrogen and oxygen atoms in total. The Hall–Kier alpha value is -1.16. The smallest absolute Gasteiger partial charge is 0.147 e. The number of hydrogen-bond acceptors (Lipinski definition) is 4. The minimum Gasteiger partial charge on any atom is -0.354 e. The predicted octanol–water partition coefficient (Wildman–Crippen LogP) is 1.27. The van der Waals surface area contributed by atoms with E-state index in [9.17, 15) is 0 Å². The highest BCUT2D eigenvalue weighted by Gasteiger charge is 2.23. The lowest BCUT2D eigenvalue weighted by Gasteiger charge is -2.35. The van der Waals surface area contributed by atoms with Gasteiger partial charge in [0.15, 0.2) is 0 Å². The van der Waals surface area contributed by atoms with Crippen LogP contribution in [0.25, 0.3) is 0 Å². The van der Waals surface area contributed by atoms with Crippen molar-refractivity contribution in [2.45, 2.75) is 33.2 Å². The maximum Gasteiger partial charge on any atom is 0.147 e. The normalized spacial score (nSPS) is 25.9. The molecule has 2 rings (SSSR count). The highest BCUT2D eigenvalue weighted by atomic mass is 15.2. The molecule has 0 radical (unpaired) electrons. The zero-order valence-corrected chi connectivity index (χ0v) is 10.3. The Balaban J connectivity index is 2.19. The standard InChI is InChI=1S/C12H20N4/c1-8-4-11(13)7-16(6-8)12-5-14-9(2)10(3)15-12/h5,8,11H,4,6-7,13H2,1-3H3. The second kappa shape index (κ2) is 4.37. The van der Waals surface area contributed by atoms with Gasteiger partial charge >= 0.3 is 0 Å². The highest BCUT2D eigenvalue weighted by Crippen LogP contribution is 2.20. The van der Waals surface area contributed by atoms with E-state index in [1.54, 1.807) is 0 Å². The van der Waals surface area contributed by atoms with Crippen LogP contribution in [0.3, 0.4) is 0 Å². The van der Waals surface area contributed by atoms with E-state index in [1.807, 2.05) is 20.0 Å². The van der Waals surface area contributed by atoms with E-state index < -0.39 is 0 Å². The molecule has 2 heterocycles. The minimum absolute atomic E-state index is 0.257. The summed E-state index contributed by atoms with van der Waals surface area (Å²) in [6.07, 6.45) is 2.96. The van der Waals surface area contributed by atoms with Crippen molar-refractivity contribution in [2.24, 2.45) is 11.7 Å². The summed E-state index contributed by atoms with van der Waals surface area (Å²) in [4.78, 5) is 11.2. The van der Waals surface area contributed by atoms with Crippen LogP contribution in [0.2, 0.25) is 0 Å². The Labute approximate surface area is 96.9 Å². The largest absolute Gasteiger partial charge is 0.354 e. The van der Waals surface area contributed by atoms with E-state index in [-0.39, 0.29) is 6.04 Å². The summed E-state index contributed by atoms with van der Waals surface area (Å²) < 4.78 is 0. The maximum absolute atomic E-state index is 6.03. The first-order valence-corrected chi connectivity index (χ1v) is 5.87. The fraction of sp³-hybridized carbons (Fsp3) is 0.667. The van der Waals surface area contributed by atoms with E-state index in [0.29, 0.717) is 5.92 Å². The third-order valence-corrected chi connectivity index (χ3v) is 3.20. The van der Waals surface area contributed by atoms with Gasteiger partial charge in [-0.3, -0.25) is 4.98 Å². The molecule has 1 saturated heterocycles. The Morgan fingerprint density at radius 3 is 2.69 bits per heavy atom. The first-order valence-electron chi connectivity index (χ1n) is 5.87. The zero-order chi connectivity index (χ0) is 11.7.